The second-order valence-electron chi connectivity index (χ2n) is 5.24. The minimum Gasteiger partial charge on any atom is -0.480 e. The van der Waals surface area contributed by atoms with E-state index in [4.69, 9.17) is 10.8 Å². The van der Waals surface area contributed by atoms with Gasteiger partial charge in [0.1, 0.15) is 11.8 Å². The molecule has 0 aromatic heterocycles. The first kappa shape index (κ1) is 14.9. The summed E-state index contributed by atoms with van der Waals surface area (Å²) in [7, 11) is 0. The Morgan fingerprint density at radius 1 is 1.10 bits per heavy atom. The molecule has 1 atom stereocenters. The lowest BCUT2D eigenvalue weighted by atomic mass is 9.92. The Morgan fingerprint density at radius 2 is 1.57 bits per heavy atom. The highest BCUT2D eigenvalue weighted by Gasteiger charge is 2.29. The van der Waals surface area contributed by atoms with Crippen molar-refractivity contribution in [1.29, 1.82) is 0 Å². The van der Waals surface area contributed by atoms with Crippen LogP contribution >= 0.6 is 0 Å². The van der Waals surface area contributed by atoms with Crippen LogP contribution < -0.4 is 5.73 Å². The highest BCUT2D eigenvalue weighted by atomic mass is 16.4. The molecule has 21 heavy (non-hydrogen) atoms. The number of hydrogen-bond acceptors (Lipinski definition) is 3. The normalized spacial score (nSPS) is 13.4. The van der Waals surface area contributed by atoms with E-state index in [-0.39, 0.29) is 0 Å². The van der Waals surface area contributed by atoms with Crippen LogP contribution in [0.4, 0.5) is 0 Å². The largest absolute Gasteiger partial charge is 0.480 e. The summed E-state index contributed by atoms with van der Waals surface area (Å²) in [6, 6.07) is 14.6. The van der Waals surface area contributed by atoms with Crippen LogP contribution in [-0.2, 0) is 16.8 Å². The van der Waals surface area contributed by atoms with Crippen LogP contribution in [0.1, 0.15) is 34.0 Å². The van der Waals surface area contributed by atoms with Crippen LogP contribution in [0.2, 0.25) is 0 Å². The number of aliphatic carboxylic acids is 1. The van der Waals surface area contributed by atoms with Gasteiger partial charge >= 0.3 is 5.97 Å². The minimum atomic E-state index is -1.38. The molecule has 0 amide bonds. The summed E-state index contributed by atoms with van der Waals surface area (Å²) in [5.41, 5.74) is 7.75. The zero-order valence-electron chi connectivity index (χ0n) is 11.7. The number of carbonyl (C=O) groups excluding carboxylic acids is 1. The fourth-order valence-electron chi connectivity index (χ4n) is 2.04. The van der Waals surface area contributed by atoms with Crippen molar-refractivity contribution in [3.63, 3.8) is 0 Å². The number of carbonyl (C=O) groups is 2. The standard InChI is InChI=1S/C17H17NO3/c1-17(18,16(20)21)15-8-6-13(7-9-15)10-12-2-4-14(11-19)5-3-12/h2-9,11H,10,18H2,1H3,(H,20,21)/t17-/m1/s1. The van der Waals surface area contributed by atoms with Crippen LogP contribution in [0.5, 0.6) is 0 Å². The molecule has 0 aliphatic rings. The van der Waals surface area contributed by atoms with Gasteiger partial charge in [-0.15, -0.1) is 0 Å². The Bertz CT molecular complexity index is 643. The molecule has 0 saturated carbocycles. The molecule has 2 rings (SSSR count). The number of carboxylic acids is 1. The van der Waals surface area contributed by atoms with Gasteiger partial charge < -0.3 is 10.8 Å². The van der Waals surface area contributed by atoms with E-state index in [1.54, 1.807) is 24.3 Å². The molecule has 0 heterocycles. The first-order chi connectivity index (χ1) is 9.93. The maximum absolute atomic E-state index is 11.1. The lowest BCUT2D eigenvalue weighted by molar-refractivity contribution is -0.143. The zero-order valence-corrected chi connectivity index (χ0v) is 11.7. The molecule has 0 radical (unpaired) electrons. The van der Waals surface area contributed by atoms with Crippen molar-refractivity contribution in [2.75, 3.05) is 0 Å². The molecule has 0 spiro atoms. The average Bonchev–Trinajstić information content (AvgIpc) is 2.48. The van der Waals surface area contributed by atoms with Crippen molar-refractivity contribution in [3.8, 4) is 0 Å². The van der Waals surface area contributed by atoms with Crippen LogP contribution in [0.25, 0.3) is 0 Å². The molecular weight excluding hydrogens is 266 g/mol. The third kappa shape index (κ3) is 3.35. The lowest BCUT2D eigenvalue weighted by Crippen LogP contribution is -2.41. The summed E-state index contributed by atoms with van der Waals surface area (Å²) >= 11 is 0. The van der Waals surface area contributed by atoms with Gasteiger partial charge in [0, 0.05) is 5.56 Å². The van der Waals surface area contributed by atoms with E-state index in [9.17, 15) is 9.59 Å². The summed E-state index contributed by atoms with van der Waals surface area (Å²) in [6.45, 7) is 1.47. The van der Waals surface area contributed by atoms with Crippen molar-refractivity contribution < 1.29 is 14.7 Å². The number of hydrogen-bond donors (Lipinski definition) is 2. The van der Waals surface area contributed by atoms with Gasteiger partial charge in [-0.05, 0) is 30.0 Å². The van der Waals surface area contributed by atoms with Gasteiger partial charge in [-0.3, -0.25) is 4.79 Å². The third-order valence-corrected chi connectivity index (χ3v) is 3.52. The first-order valence-corrected chi connectivity index (χ1v) is 6.59. The quantitative estimate of drug-likeness (QED) is 0.825. The van der Waals surface area contributed by atoms with Gasteiger partial charge in [0.05, 0.1) is 0 Å². The van der Waals surface area contributed by atoms with Gasteiger partial charge in [-0.1, -0.05) is 48.5 Å². The van der Waals surface area contributed by atoms with Crippen molar-refractivity contribution in [1.82, 2.24) is 0 Å². The fraction of sp³-hybridized carbons (Fsp3) is 0.176. The predicted octanol–water partition coefficient (Wildman–Crippen LogP) is 2.35. The Balaban J connectivity index is 2.15. The number of aldehydes is 1. The van der Waals surface area contributed by atoms with Crippen molar-refractivity contribution in [2.24, 2.45) is 5.73 Å². The lowest BCUT2D eigenvalue weighted by Gasteiger charge is -2.19. The number of nitrogens with two attached hydrogens (primary N) is 1. The van der Waals surface area contributed by atoms with E-state index >= 15 is 0 Å². The smallest absolute Gasteiger partial charge is 0.328 e. The second kappa shape index (κ2) is 5.89. The molecule has 4 heteroatoms. The molecule has 2 aromatic rings. The Kier molecular flexibility index (Phi) is 4.19. The molecule has 0 aliphatic carbocycles. The van der Waals surface area contributed by atoms with Gasteiger partial charge in [0.2, 0.25) is 0 Å². The number of carboxylic acid groups (broad SMARTS) is 1. The summed E-state index contributed by atoms with van der Waals surface area (Å²) in [5, 5.41) is 9.10. The molecule has 3 N–H and O–H groups in total. The van der Waals surface area contributed by atoms with E-state index in [0.717, 1.165) is 17.4 Å². The number of benzene rings is 2. The summed E-state index contributed by atoms with van der Waals surface area (Å²) < 4.78 is 0. The Labute approximate surface area is 123 Å². The van der Waals surface area contributed by atoms with Crippen molar-refractivity contribution in [3.05, 3.63) is 70.8 Å². The van der Waals surface area contributed by atoms with Gasteiger partial charge in [-0.2, -0.15) is 0 Å². The fourth-order valence-corrected chi connectivity index (χ4v) is 2.04. The maximum Gasteiger partial charge on any atom is 0.328 e. The van der Waals surface area contributed by atoms with Crippen LogP contribution in [0, 0.1) is 0 Å². The summed E-state index contributed by atoms with van der Waals surface area (Å²) in [5.74, 6) is -1.06. The average molecular weight is 283 g/mol. The second-order valence-corrected chi connectivity index (χ2v) is 5.24. The topological polar surface area (TPSA) is 80.4 Å². The van der Waals surface area contributed by atoms with E-state index in [1.165, 1.54) is 6.92 Å². The number of rotatable bonds is 5. The molecule has 0 aliphatic heterocycles. The molecular formula is C17H17NO3. The summed E-state index contributed by atoms with van der Waals surface area (Å²) in [6.07, 6.45) is 1.53. The molecule has 0 fully saturated rings. The molecule has 2 aromatic carbocycles. The monoisotopic (exact) mass is 283 g/mol. The van der Waals surface area contributed by atoms with E-state index < -0.39 is 11.5 Å². The maximum atomic E-state index is 11.1. The van der Waals surface area contributed by atoms with E-state index in [1.807, 2.05) is 24.3 Å². The van der Waals surface area contributed by atoms with Gasteiger partial charge in [-0.25, -0.2) is 4.79 Å². The zero-order chi connectivity index (χ0) is 15.5. The molecule has 0 bridgehead atoms. The van der Waals surface area contributed by atoms with Crippen LogP contribution in [0.15, 0.2) is 48.5 Å². The summed E-state index contributed by atoms with van der Waals surface area (Å²) in [4.78, 5) is 21.7. The van der Waals surface area contributed by atoms with Crippen LogP contribution in [-0.4, -0.2) is 17.4 Å². The SMILES string of the molecule is C[C@](N)(C(=O)O)c1ccc(Cc2ccc(C=O)cc2)cc1. The minimum absolute atomic E-state index is 0.565. The third-order valence-electron chi connectivity index (χ3n) is 3.52. The van der Waals surface area contributed by atoms with Gasteiger partial charge in [0.15, 0.2) is 0 Å². The molecule has 108 valence electrons. The molecule has 4 nitrogen and oxygen atoms in total. The molecule has 0 unspecified atom stereocenters. The van der Waals surface area contributed by atoms with E-state index in [2.05, 4.69) is 0 Å². The Hall–Kier alpha value is -2.46. The van der Waals surface area contributed by atoms with E-state index in [0.29, 0.717) is 17.5 Å². The highest BCUT2D eigenvalue weighted by Crippen LogP contribution is 2.19. The molecule has 0 saturated heterocycles. The predicted molar refractivity (Wildman–Crippen MR) is 80.3 cm³/mol. The highest BCUT2D eigenvalue weighted by molar-refractivity contribution is 5.79. The van der Waals surface area contributed by atoms with Crippen molar-refractivity contribution in [2.45, 2.75) is 18.9 Å². The first-order valence-electron chi connectivity index (χ1n) is 6.59. The van der Waals surface area contributed by atoms with Crippen LogP contribution in [0.3, 0.4) is 0 Å². The Morgan fingerprint density at radius 3 is 2.00 bits per heavy atom. The van der Waals surface area contributed by atoms with Gasteiger partial charge in [0.25, 0.3) is 0 Å². The van der Waals surface area contributed by atoms with Crippen molar-refractivity contribution >= 4 is 12.3 Å².